The van der Waals surface area contributed by atoms with E-state index < -0.39 is 11.5 Å². The number of fused-ring (bicyclic) bond motifs is 1. The maximum atomic E-state index is 12.8. The van der Waals surface area contributed by atoms with Crippen molar-refractivity contribution >= 4 is 17.4 Å². The zero-order valence-corrected chi connectivity index (χ0v) is 15.6. The average molecular weight is 363 g/mol. The van der Waals surface area contributed by atoms with Crippen LogP contribution in [0.2, 0.25) is 0 Å². The third-order valence-corrected chi connectivity index (χ3v) is 5.97. The average Bonchev–Trinajstić information content (AvgIpc) is 2.93. The molecule has 0 bridgehead atoms. The summed E-state index contributed by atoms with van der Waals surface area (Å²) in [7, 11) is 0. The molecule has 1 fully saturated rings. The van der Waals surface area contributed by atoms with Crippen LogP contribution in [0.5, 0.6) is 0 Å². The highest BCUT2D eigenvalue weighted by molar-refractivity contribution is 6.09. The van der Waals surface area contributed by atoms with Gasteiger partial charge in [0.15, 0.2) is 11.4 Å². The van der Waals surface area contributed by atoms with Crippen molar-refractivity contribution in [2.24, 2.45) is 0 Å². The normalized spacial score (nSPS) is 22.4. The molecule has 4 rings (SSSR count). The standard InChI is InChI=1S/C23H25NO3/c1-15-7-12-20-19(13-15)23(27,22(26)24-20)14-21(25)18-10-8-17(9-11-18)16-5-3-2-4-6-16/h7-13,16,27H,2-6,14H2,1H3,(H,24,26). The number of carbonyl (C=O) groups is 2. The summed E-state index contributed by atoms with van der Waals surface area (Å²) in [4.78, 5) is 25.2. The van der Waals surface area contributed by atoms with Crippen molar-refractivity contribution in [2.75, 3.05) is 5.32 Å². The Hall–Kier alpha value is -2.46. The number of hydrogen-bond donors (Lipinski definition) is 2. The first kappa shape index (κ1) is 17.9. The number of hydrogen-bond acceptors (Lipinski definition) is 3. The summed E-state index contributed by atoms with van der Waals surface area (Å²) < 4.78 is 0. The molecular weight excluding hydrogens is 338 g/mol. The molecule has 2 N–H and O–H groups in total. The number of benzene rings is 2. The third kappa shape index (κ3) is 3.30. The molecule has 0 saturated heterocycles. The molecule has 1 heterocycles. The van der Waals surface area contributed by atoms with Gasteiger partial charge < -0.3 is 10.4 Å². The third-order valence-electron chi connectivity index (χ3n) is 5.97. The van der Waals surface area contributed by atoms with Gasteiger partial charge in [-0.25, -0.2) is 0 Å². The molecule has 27 heavy (non-hydrogen) atoms. The summed E-state index contributed by atoms with van der Waals surface area (Å²) in [6.07, 6.45) is 6.03. The second-order valence-electron chi connectivity index (χ2n) is 7.92. The lowest BCUT2D eigenvalue weighted by atomic mass is 9.83. The number of ketones is 1. The first-order valence-electron chi connectivity index (χ1n) is 9.75. The molecule has 4 heteroatoms. The van der Waals surface area contributed by atoms with E-state index in [-0.39, 0.29) is 12.2 Å². The number of Topliss-reactive ketones (excluding diaryl/α,β-unsaturated/α-hetero) is 1. The molecule has 1 saturated carbocycles. The minimum absolute atomic E-state index is 0.225. The summed E-state index contributed by atoms with van der Waals surface area (Å²) >= 11 is 0. The molecule has 0 spiro atoms. The number of carbonyl (C=O) groups excluding carboxylic acids is 2. The first-order valence-corrected chi connectivity index (χ1v) is 9.75. The van der Waals surface area contributed by atoms with E-state index in [1.807, 2.05) is 37.3 Å². The van der Waals surface area contributed by atoms with Crippen LogP contribution in [0.1, 0.15) is 71.5 Å². The smallest absolute Gasteiger partial charge is 0.261 e. The van der Waals surface area contributed by atoms with Gasteiger partial charge in [-0.2, -0.15) is 0 Å². The molecule has 1 amide bonds. The molecule has 0 radical (unpaired) electrons. The Balaban J connectivity index is 1.54. The number of amides is 1. The molecule has 2 aromatic carbocycles. The van der Waals surface area contributed by atoms with Crippen LogP contribution in [0.4, 0.5) is 5.69 Å². The van der Waals surface area contributed by atoms with Crippen LogP contribution in [0, 0.1) is 6.92 Å². The quantitative estimate of drug-likeness (QED) is 0.789. The van der Waals surface area contributed by atoms with E-state index in [0.29, 0.717) is 22.7 Å². The van der Waals surface area contributed by atoms with Gasteiger partial charge in [0, 0.05) is 16.8 Å². The molecule has 0 aromatic heterocycles. The van der Waals surface area contributed by atoms with Gasteiger partial charge >= 0.3 is 0 Å². The zero-order chi connectivity index (χ0) is 19.0. The molecule has 2 aliphatic rings. The summed E-state index contributed by atoms with van der Waals surface area (Å²) in [5, 5.41) is 13.7. The molecule has 1 aliphatic carbocycles. The fraction of sp³-hybridized carbons (Fsp3) is 0.391. The zero-order valence-electron chi connectivity index (χ0n) is 15.6. The topological polar surface area (TPSA) is 66.4 Å². The van der Waals surface area contributed by atoms with Crippen LogP contribution in [0.3, 0.4) is 0 Å². The van der Waals surface area contributed by atoms with E-state index in [0.717, 1.165) is 5.56 Å². The first-order chi connectivity index (χ1) is 13.0. The van der Waals surface area contributed by atoms with E-state index in [4.69, 9.17) is 0 Å². The Morgan fingerprint density at radius 1 is 1.11 bits per heavy atom. The Morgan fingerprint density at radius 3 is 2.52 bits per heavy atom. The maximum absolute atomic E-state index is 12.8. The molecular formula is C23H25NO3. The number of rotatable bonds is 4. The molecule has 1 unspecified atom stereocenters. The van der Waals surface area contributed by atoms with Crippen LogP contribution in [-0.2, 0) is 10.4 Å². The Kier molecular flexibility index (Phi) is 4.60. The molecule has 1 atom stereocenters. The van der Waals surface area contributed by atoms with Crippen LogP contribution in [0.25, 0.3) is 0 Å². The SMILES string of the molecule is Cc1ccc2c(c1)C(O)(CC(=O)c1ccc(C3CCCCC3)cc1)C(=O)N2. The lowest BCUT2D eigenvalue weighted by Gasteiger charge is -2.22. The van der Waals surface area contributed by atoms with Gasteiger partial charge in [0.2, 0.25) is 0 Å². The summed E-state index contributed by atoms with van der Waals surface area (Å²) in [6, 6.07) is 13.1. The molecule has 2 aromatic rings. The Morgan fingerprint density at radius 2 is 1.81 bits per heavy atom. The highest BCUT2D eigenvalue weighted by Gasteiger charge is 2.46. The van der Waals surface area contributed by atoms with Gasteiger partial charge in [0.1, 0.15) is 0 Å². The van der Waals surface area contributed by atoms with Gasteiger partial charge in [-0.1, -0.05) is 61.2 Å². The second kappa shape index (κ2) is 6.93. The van der Waals surface area contributed by atoms with Crippen molar-refractivity contribution in [3.63, 3.8) is 0 Å². The Labute approximate surface area is 159 Å². The van der Waals surface area contributed by atoms with Gasteiger partial charge in [0.05, 0.1) is 6.42 Å². The van der Waals surface area contributed by atoms with Gasteiger partial charge in [-0.3, -0.25) is 9.59 Å². The van der Waals surface area contributed by atoms with E-state index in [1.54, 1.807) is 12.1 Å². The molecule has 1 aliphatic heterocycles. The second-order valence-corrected chi connectivity index (χ2v) is 7.92. The number of anilines is 1. The van der Waals surface area contributed by atoms with Crippen molar-refractivity contribution in [3.8, 4) is 0 Å². The highest BCUT2D eigenvalue weighted by atomic mass is 16.3. The van der Waals surface area contributed by atoms with Crippen molar-refractivity contribution in [1.82, 2.24) is 0 Å². The van der Waals surface area contributed by atoms with Crippen molar-refractivity contribution in [3.05, 3.63) is 64.7 Å². The highest BCUT2D eigenvalue weighted by Crippen LogP contribution is 2.39. The van der Waals surface area contributed by atoms with Gasteiger partial charge in [-0.05, 0) is 37.3 Å². The van der Waals surface area contributed by atoms with E-state index >= 15 is 0 Å². The van der Waals surface area contributed by atoms with E-state index in [2.05, 4.69) is 5.32 Å². The minimum atomic E-state index is -1.81. The summed E-state index contributed by atoms with van der Waals surface area (Å²) in [5.74, 6) is -0.171. The van der Waals surface area contributed by atoms with Gasteiger partial charge in [0.25, 0.3) is 5.91 Å². The minimum Gasteiger partial charge on any atom is -0.375 e. The summed E-state index contributed by atoms with van der Waals surface area (Å²) in [5.41, 5.74) is 2.02. The number of aliphatic hydroxyl groups is 1. The van der Waals surface area contributed by atoms with Crippen LogP contribution < -0.4 is 5.32 Å². The fourth-order valence-corrected chi connectivity index (χ4v) is 4.34. The van der Waals surface area contributed by atoms with Crippen molar-refractivity contribution in [2.45, 2.75) is 57.0 Å². The van der Waals surface area contributed by atoms with E-state index in [1.165, 1.54) is 37.7 Å². The molecule has 140 valence electrons. The summed E-state index contributed by atoms with van der Waals surface area (Å²) in [6.45, 7) is 1.90. The van der Waals surface area contributed by atoms with Crippen LogP contribution >= 0.6 is 0 Å². The lowest BCUT2D eigenvalue weighted by Crippen LogP contribution is -2.36. The monoisotopic (exact) mass is 363 g/mol. The number of nitrogens with one attached hydrogen (secondary N) is 1. The van der Waals surface area contributed by atoms with E-state index in [9.17, 15) is 14.7 Å². The molecule has 4 nitrogen and oxygen atoms in total. The Bertz CT molecular complexity index is 881. The maximum Gasteiger partial charge on any atom is 0.261 e. The predicted molar refractivity (Wildman–Crippen MR) is 105 cm³/mol. The largest absolute Gasteiger partial charge is 0.375 e. The fourth-order valence-electron chi connectivity index (χ4n) is 4.34. The van der Waals surface area contributed by atoms with Crippen molar-refractivity contribution in [1.29, 1.82) is 0 Å². The van der Waals surface area contributed by atoms with Crippen LogP contribution in [-0.4, -0.2) is 16.8 Å². The van der Waals surface area contributed by atoms with Crippen molar-refractivity contribution < 1.29 is 14.7 Å². The lowest BCUT2D eigenvalue weighted by molar-refractivity contribution is -0.133. The predicted octanol–water partition coefficient (Wildman–Crippen LogP) is 4.46. The van der Waals surface area contributed by atoms with Crippen LogP contribution in [0.15, 0.2) is 42.5 Å². The van der Waals surface area contributed by atoms with Gasteiger partial charge in [-0.15, -0.1) is 0 Å². The number of aryl methyl sites for hydroxylation is 1.